The van der Waals surface area contributed by atoms with Gasteiger partial charge in [0.15, 0.2) is 0 Å². The van der Waals surface area contributed by atoms with Crippen molar-refractivity contribution < 1.29 is 4.39 Å². The Balaban J connectivity index is 3.91. The van der Waals surface area contributed by atoms with Gasteiger partial charge < -0.3 is 0 Å². The van der Waals surface area contributed by atoms with Crippen molar-refractivity contribution in [2.75, 3.05) is 6.67 Å². The highest BCUT2D eigenvalue weighted by Gasteiger charge is 1.85. The lowest BCUT2D eigenvalue weighted by Crippen LogP contribution is -1.84. The molecule has 0 N–H and O–H groups in total. The highest BCUT2D eigenvalue weighted by molar-refractivity contribution is 7.22. The number of halogens is 1. The number of rotatable bonds is 3. The molecule has 1 unspecified atom stereocenters. The summed E-state index contributed by atoms with van der Waals surface area (Å²) in [6.45, 7) is 3.50. The van der Waals surface area contributed by atoms with E-state index >= 15 is 0 Å². The van der Waals surface area contributed by atoms with Crippen LogP contribution in [0.15, 0.2) is 16.5 Å². The topological polar surface area (TPSA) is 12.4 Å². The summed E-state index contributed by atoms with van der Waals surface area (Å²) < 4.78 is 11.8. The van der Waals surface area contributed by atoms with Gasteiger partial charge in [0.2, 0.25) is 0 Å². The van der Waals surface area contributed by atoms with Crippen molar-refractivity contribution in [3.63, 3.8) is 0 Å². The van der Waals surface area contributed by atoms with E-state index in [9.17, 15) is 4.39 Å². The standard InChI is InChI=1S/C7H13FNP/c1-3-6(2)9-5-7(10)4-8/h5H,3-4,10H2,1-2H3/b7-5+,9-6-. The molecule has 0 amide bonds. The molecule has 0 aliphatic rings. The first-order chi connectivity index (χ1) is 4.70. The lowest BCUT2D eigenvalue weighted by molar-refractivity contribution is 0.556. The molecule has 3 heteroatoms. The van der Waals surface area contributed by atoms with Gasteiger partial charge in [-0.05, 0) is 18.7 Å². The molecular weight excluding hydrogens is 148 g/mol. The smallest absolute Gasteiger partial charge is 0.116 e. The second kappa shape index (κ2) is 5.55. The first kappa shape index (κ1) is 9.77. The lowest BCUT2D eigenvalue weighted by Gasteiger charge is -1.90. The summed E-state index contributed by atoms with van der Waals surface area (Å²) in [6.07, 6.45) is 2.46. The van der Waals surface area contributed by atoms with Gasteiger partial charge in [0, 0.05) is 11.9 Å². The van der Waals surface area contributed by atoms with E-state index in [2.05, 4.69) is 14.2 Å². The average Bonchev–Trinajstić information content (AvgIpc) is 1.99. The third-order valence-corrected chi connectivity index (χ3v) is 1.42. The van der Waals surface area contributed by atoms with Crippen molar-refractivity contribution in [1.29, 1.82) is 0 Å². The van der Waals surface area contributed by atoms with E-state index in [1.807, 2.05) is 13.8 Å². The fourth-order valence-electron chi connectivity index (χ4n) is 0.319. The van der Waals surface area contributed by atoms with E-state index in [0.717, 1.165) is 12.1 Å². The Morgan fingerprint density at radius 2 is 2.30 bits per heavy atom. The minimum atomic E-state index is -0.439. The first-order valence-electron chi connectivity index (χ1n) is 3.24. The molecule has 0 aromatic rings. The molecule has 0 aliphatic carbocycles. The molecule has 0 saturated carbocycles. The Morgan fingerprint density at radius 1 is 1.70 bits per heavy atom. The molecule has 10 heavy (non-hydrogen) atoms. The van der Waals surface area contributed by atoms with Crippen molar-refractivity contribution in [2.24, 2.45) is 4.99 Å². The van der Waals surface area contributed by atoms with Crippen LogP contribution in [0.2, 0.25) is 0 Å². The minimum Gasteiger partial charge on any atom is -0.266 e. The van der Waals surface area contributed by atoms with E-state index in [0.29, 0.717) is 5.31 Å². The zero-order valence-corrected chi connectivity index (χ0v) is 7.55. The van der Waals surface area contributed by atoms with Gasteiger partial charge in [-0.1, -0.05) is 6.92 Å². The molecule has 0 aromatic heterocycles. The second-order valence-corrected chi connectivity index (χ2v) is 2.80. The molecule has 0 fully saturated rings. The summed E-state index contributed by atoms with van der Waals surface area (Å²) in [7, 11) is 2.30. The van der Waals surface area contributed by atoms with E-state index in [1.165, 1.54) is 0 Å². The maximum Gasteiger partial charge on any atom is 0.116 e. The van der Waals surface area contributed by atoms with Gasteiger partial charge in [0.05, 0.1) is 0 Å². The van der Waals surface area contributed by atoms with Crippen LogP contribution in [0.5, 0.6) is 0 Å². The summed E-state index contributed by atoms with van der Waals surface area (Å²) >= 11 is 0. The third kappa shape index (κ3) is 4.63. The Labute approximate surface area is 63.6 Å². The van der Waals surface area contributed by atoms with Gasteiger partial charge in [-0.15, -0.1) is 9.24 Å². The Bertz CT molecular complexity index is 134. The monoisotopic (exact) mass is 161 g/mol. The molecule has 0 saturated heterocycles. The van der Waals surface area contributed by atoms with Crippen molar-refractivity contribution in [1.82, 2.24) is 0 Å². The molecule has 1 nitrogen and oxygen atoms in total. The molecule has 1 atom stereocenters. The first-order valence-corrected chi connectivity index (χ1v) is 3.82. The molecule has 0 bridgehead atoms. The van der Waals surface area contributed by atoms with Crippen molar-refractivity contribution in [3.8, 4) is 0 Å². The average molecular weight is 161 g/mol. The molecule has 0 aromatic carbocycles. The molecule has 0 spiro atoms. The van der Waals surface area contributed by atoms with Crippen LogP contribution < -0.4 is 0 Å². The van der Waals surface area contributed by atoms with Gasteiger partial charge in [0.1, 0.15) is 6.67 Å². The zero-order chi connectivity index (χ0) is 7.98. The van der Waals surface area contributed by atoms with Gasteiger partial charge in [-0.25, -0.2) is 4.39 Å². The Morgan fingerprint density at radius 3 is 2.70 bits per heavy atom. The number of alkyl halides is 1. The molecule has 58 valence electrons. The van der Waals surface area contributed by atoms with Crippen LogP contribution in [-0.2, 0) is 0 Å². The molecule has 0 rings (SSSR count). The van der Waals surface area contributed by atoms with Crippen LogP contribution in [-0.4, -0.2) is 12.4 Å². The summed E-state index contributed by atoms with van der Waals surface area (Å²) in [6, 6.07) is 0. The fourth-order valence-corrected chi connectivity index (χ4v) is 0.393. The Hall–Kier alpha value is -0.230. The SMILES string of the molecule is CC/C(C)=N\C=C(\P)CF. The maximum absolute atomic E-state index is 11.8. The quantitative estimate of drug-likeness (QED) is 0.445. The number of allylic oxidation sites excluding steroid dienone is 1. The van der Waals surface area contributed by atoms with Crippen molar-refractivity contribution >= 4 is 15.0 Å². The van der Waals surface area contributed by atoms with Gasteiger partial charge in [-0.3, -0.25) is 4.99 Å². The Kier molecular flexibility index (Phi) is 5.42. The summed E-state index contributed by atoms with van der Waals surface area (Å²) in [5, 5.41) is 0.591. The fraction of sp³-hybridized carbons (Fsp3) is 0.571. The number of hydrogen-bond acceptors (Lipinski definition) is 1. The summed E-state index contributed by atoms with van der Waals surface area (Å²) in [5.74, 6) is 0. The number of nitrogens with zero attached hydrogens (tertiary/aromatic N) is 1. The largest absolute Gasteiger partial charge is 0.266 e. The van der Waals surface area contributed by atoms with E-state index in [1.54, 1.807) is 6.20 Å². The molecule has 0 heterocycles. The molecular formula is C7H13FNP. The van der Waals surface area contributed by atoms with Crippen LogP contribution in [0, 0.1) is 0 Å². The normalized spacial score (nSPS) is 14.0. The van der Waals surface area contributed by atoms with Crippen LogP contribution in [0.4, 0.5) is 4.39 Å². The van der Waals surface area contributed by atoms with Gasteiger partial charge in [0.25, 0.3) is 0 Å². The highest BCUT2D eigenvalue weighted by Crippen LogP contribution is 2.05. The summed E-state index contributed by atoms with van der Waals surface area (Å²) in [4.78, 5) is 4.01. The lowest BCUT2D eigenvalue weighted by atomic mass is 10.3. The van der Waals surface area contributed by atoms with Crippen molar-refractivity contribution in [3.05, 3.63) is 11.5 Å². The predicted molar refractivity (Wildman–Crippen MR) is 47.2 cm³/mol. The maximum atomic E-state index is 11.8. The third-order valence-electron chi connectivity index (χ3n) is 1.12. The second-order valence-electron chi connectivity index (χ2n) is 2.06. The van der Waals surface area contributed by atoms with Crippen LogP contribution >= 0.6 is 9.24 Å². The van der Waals surface area contributed by atoms with E-state index < -0.39 is 6.67 Å². The molecule has 0 radical (unpaired) electrons. The van der Waals surface area contributed by atoms with Crippen LogP contribution in [0.1, 0.15) is 20.3 Å². The minimum absolute atomic E-state index is 0.439. The van der Waals surface area contributed by atoms with Gasteiger partial charge >= 0.3 is 0 Å². The van der Waals surface area contributed by atoms with Crippen molar-refractivity contribution in [2.45, 2.75) is 20.3 Å². The number of aliphatic imine (C=N–C) groups is 1. The van der Waals surface area contributed by atoms with E-state index in [-0.39, 0.29) is 0 Å². The number of hydrogen-bond donors (Lipinski definition) is 0. The zero-order valence-electron chi connectivity index (χ0n) is 6.39. The van der Waals surface area contributed by atoms with Crippen LogP contribution in [0.25, 0.3) is 0 Å². The van der Waals surface area contributed by atoms with E-state index in [4.69, 9.17) is 0 Å². The van der Waals surface area contributed by atoms with Crippen LogP contribution in [0.3, 0.4) is 0 Å². The van der Waals surface area contributed by atoms with Gasteiger partial charge in [-0.2, -0.15) is 0 Å². The molecule has 0 aliphatic heterocycles. The predicted octanol–water partition coefficient (Wildman–Crippen LogP) is 2.54. The summed E-state index contributed by atoms with van der Waals surface area (Å²) in [5.41, 5.74) is 1.02. The highest BCUT2D eigenvalue weighted by atomic mass is 31.0.